The summed E-state index contributed by atoms with van der Waals surface area (Å²) in [5, 5.41) is 18.1. The zero-order valence-corrected chi connectivity index (χ0v) is 12.4. The Balaban J connectivity index is 1.67. The molecule has 4 heterocycles. The number of nitrogens with zero attached hydrogens (tertiary/aromatic N) is 4. The van der Waals surface area contributed by atoms with Gasteiger partial charge in [-0.1, -0.05) is 18.3 Å². The molecule has 2 atom stereocenters. The summed E-state index contributed by atoms with van der Waals surface area (Å²) < 4.78 is 7.40. The van der Waals surface area contributed by atoms with Crippen molar-refractivity contribution in [1.29, 1.82) is 0 Å². The molecule has 6 nitrogen and oxygen atoms in total. The van der Waals surface area contributed by atoms with Crippen LogP contribution >= 0.6 is 11.3 Å². The molecule has 2 aromatic rings. The predicted octanol–water partition coefficient (Wildman–Crippen LogP) is 1.40. The third-order valence-corrected chi connectivity index (χ3v) is 5.48. The van der Waals surface area contributed by atoms with E-state index in [9.17, 15) is 0 Å². The van der Waals surface area contributed by atoms with Gasteiger partial charge >= 0.3 is 0 Å². The van der Waals surface area contributed by atoms with E-state index in [-0.39, 0.29) is 0 Å². The maximum Gasteiger partial charge on any atom is 0.234 e. The molecule has 2 saturated heterocycles. The number of fused-ring (bicyclic) bond motifs is 1. The Kier molecular flexibility index (Phi) is 3.20. The molecule has 0 spiro atoms. The maximum absolute atomic E-state index is 5.43. The lowest BCUT2D eigenvalue weighted by Gasteiger charge is -2.19. The van der Waals surface area contributed by atoms with Gasteiger partial charge < -0.3 is 10.1 Å². The summed E-state index contributed by atoms with van der Waals surface area (Å²) in [5.41, 5.74) is 0. The first-order valence-electron chi connectivity index (χ1n) is 7.33. The minimum absolute atomic E-state index is 0.438. The minimum Gasteiger partial charge on any atom is -0.381 e. The fraction of sp³-hybridized carbons (Fsp3) is 0.769. The van der Waals surface area contributed by atoms with E-state index in [1.54, 1.807) is 11.3 Å². The lowest BCUT2D eigenvalue weighted by molar-refractivity contribution is 0.0831. The van der Waals surface area contributed by atoms with Crippen LogP contribution in [0.2, 0.25) is 0 Å². The van der Waals surface area contributed by atoms with Crippen LogP contribution in [0.4, 0.5) is 0 Å². The Bertz CT molecular complexity index is 603. The van der Waals surface area contributed by atoms with E-state index in [2.05, 4.69) is 22.4 Å². The summed E-state index contributed by atoms with van der Waals surface area (Å²) in [7, 11) is 0. The first-order chi connectivity index (χ1) is 9.83. The molecule has 2 aromatic heterocycles. The van der Waals surface area contributed by atoms with Crippen LogP contribution in [0, 0.1) is 5.92 Å². The average Bonchev–Trinajstić information content (AvgIpc) is 3.13. The molecule has 0 radical (unpaired) electrons. The predicted molar refractivity (Wildman–Crippen MR) is 76.2 cm³/mol. The van der Waals surface area contributed by atoms with Crippen LogP contribution in [0.3, 0.4) is 0 Å². The molecular weight excluding hydrogens is 274 g/mol. The van der Waals surface area contributed by atoms with Gasteiger partial charge in [0.05, 0.1) is 0 Å². The van der Waals surface area contributed by atoms with Gasteiger partial charge in [-0.15, -0.1) is 10.2 Å². The normalized spacial score (nSPS) is 28.4. The van der Waals surface area contributed by atoms with Gasteiger partial charge in [0.25, 0.3) is 0 Å². The molecule has 20 heavy (non-hydrogen) atoms. The fourth-order valence-corrected chi connectivity index (χ4v) is 4.23. The second-order valence-electron chi connectivity index (χ2n) is 5.82. The zero-order valence-electron chi connectivity index (χ0n) is 11.6. The number of ether oxygens (including phenoxy) is 1. The largest absolute Gasteiger partial charge is 0.381 e. The Hall–Kier alpha value is -1.05. The molecule has 7 heteroatoms. The lowest BCUT2D eigenvalue weighted by atomic mass is 9.99. The monoisotopic (exact) mass is 293 g/mol. The van der Waals surface area contributed by atoms with Gasteiger partial charge in [-0.3, -0.25) is 0 Å². The van der Waals surface area contributed by atoms with E-state index in [4.69, 9.17) is 9.84 Å². The van der Waals surface area contributed by atoms with Crippen LogP contribution in [0.15, 0.2) is 0 Å². The SMILES string of the molecule is C[C@@H]1CNC[C@H]1c1nn2c(C3CCOCC3)nnc2s1. The zero-order chi connectivity index (χ0) is 13.5. The van der Waals surface area contributed by atoms with E-state index in [1.807, 2.05) is 4.52 Å². The van der Waals surface area contributed by atoms with Crippen molar-refractivity contribution >= 4 is 16.3 Å². The summed E-state index contributed by atoms with van der Waals surface area (Å²) >= 11 is 1.69. The summed E-state index contributed by atoms with van der Waals surface area (Å²) in [6.45, 7) is 6.03. The van der Waals surface area contributed by atoms with E-state index in [1.165, 1.54) is 5.01 Å². The van der Waals surface area contributed by atoms with Crippen molar-refractivity contribution in [2.75, 3.05) is 26.3 Å². The van der Waals surface area contributed by atoms with Gasteiger partial charge in [0.2, 0.25) is 4.96 Å². The second-order valence-corrected chi connectivity index (χ2v) is 6.81. The van der Waals surface area contributed by atoms with Crippen molar-refractivity contribution < 1.29 is 4.74 Å². The maximum atomic E-state index is 5.43. The Morgan fingerprint density at radius 1 is 1.25 bits per heavy atom. The molecule has 108 valence electrons. The highest BCUT2D eigenvalue weighted by Crippen LogP contribution is 2.32. The summed E-state index contributed by atoms with van der Waals surface area (Å²) in [5.74, 6) is 2.62. The van der Waals surface area contributed by atoms with Crippen molar-refractivity contribution in [1.82, 2.24) is 25.1 Å². The van der Waals surface area contributed by atoms with Crippen LogP contribution in [0.1, 0.15) is 42.4 Å². The smallest absolute Gasteiger partial charge is 0.234 e. The Morgan fingerprint density at radius 3 is 2.85 bits per heavy atom. The average molecular weight is 293 g/mol. The summed E-state index contributed by atoms with van der Waals surface area (Å²) in [6.07, 6.45) is 2.05. The Labute approximate surface area is 121 Å². The topological polar surface area (TPSA) is 64.3 Å². The number of rotatable bonds is 2. The third kappa shape index (κ3) is 2.04. The number of hydrogen-bond acceptors (Lipinski definition) is 6. The molecule has 2 fully saturated rings. The van der Waals surface area contributed by atoms with E-state index >= 15 is 0 Å². The van der Waals surface area contributed by atoms with Gasteiger partial charge in [-0.25, -0.2) is 0 Å². The molecule has 2 aliphatic rings. The van der Waals surface area contributed by atoms with Crippen LogP contribution in [-0.4, -0.2) is 46.1 Å². The highest BCUT2D eigenvalue weighted by molar-refractivity contribution is 7.16. The molecule has 4 rings (SSSR count). The van der Waals surface area contributed by atoms with Crippen LogP contribution in [0.5, 0.6) is 0 Å². The molecule has 0 unspecified atom stereocenters. The lowest BCUT2D eigenvalue weighted by Crippen LogP contribution is -2.17. The summed E-state index contributed by atoms with van der Waals surface area (Å²) in [6, 6.07) is 0. The highest BCUT2D eigenvalue weighted by atomic mass is 32.1. The standard InChI is InChI=1S/C13H19N5OS/c1-8-6-14-7-10(8)12-17-18-11(15-16-13(18)20-12)9-2-4-19-5-3-9/h8-10,14H,2-7H2,1H3/t8-,10-/m1/s1. The molecule has 0 amide bonds. The Morgan fingerprint density at radius 2 is 2.10 bits per heavy atom. The van der Waals surface area contributed by atoms with Crippen molar-refractivity contribution in [3.05, 3.63) is 10.8 Å². The van der Waals surface area contributed by atoms with Crippen molar-refractivity contribution in [3.63, 3.8) is 0 Å². The molecule has 0 aromatic carbocycles. The second kappa shape index (κ2) is 5.05. The quantitative estimate of drug-likeness (QED) is 0.907. The molecule has 2 aliphatic heterocycles. The first-order valence-corrected chi connectivity index (χ1v) is 8.15. The third-order valence-electron chi connectivity index (χ3n) is 4.45. The number of aromatic nitrogens is 4. The van der Waals surface area contributed by atoms with E-state index in [0.29, 0.717) is 17.8 Å². The first kappa shape index (κ1) is 12.7. The van der Waals surface area contributed by atoms with Gasteiger partial charge in [0.1, 0.15) is 5.01 Å². The van der Waals surface area contributed by atoms with Crippen molar-refractivity contribution in [2.24, 2.45) is 5.92 Å². The number of hydrogen-bond donors (Lipinski definition) is 1. The fourth-order valence-electron chi connectivity index (χ4n) is 3.15. The van der Waals surface area contributed by atoms with E-state index < -0.39 is 0 Å². The number of nitrogens with one attached hydrogen (secondary N) is 1. The van der Waals surface area contributed by atoms with E-state index in [0.717, 1.165) is 49.9 Å². The van der Waals surface area contributed by atoms with Gasteiger partial charge in [-0.2, -0.15) is 9.61 Å². The van der Waals surface area contributed by atoms with Crippen molar-refractivity contribution in [2.45, 2.75) is 31.6 Å². The highest BCUT2D eigenvalue weighted by Gasteiger charge is 2.30. The van der Waals surface area contributed by atoms with Crippen LogP contribution in [0.25, 0.3) is 4.96 Å². The van der Waals surface area contributed by atoms with Gasteiger partial charge in [-0.05, 0) is 25.3 Å². The minimum atomic E-state index is 0.438. The molecular formula is C13H19N5OS. The van der Waals surface area contributed by atoms with Crippen LogP contribution < -0.4 is 5.32 Å². The van der Waals surface area contributed by atoms with Crippen molar-refractivity contribution in [3.8, 4) is 0 Å². The molecule has 1 N–H and O–H groups in total. The molecule has 0 bridgehead atoms. The molecule has 0 aliphatic carbocycles. The summed E-state index contributed by atoms with van der Waals surface area (Å²) in [4.78, 5) is 0.931. The van der Waals surface area contributed by atoms with Crippen LogP contribution in [-0.2, 0) is 4.74 Å². The van der Waals surface area contributed by atoms with Gasteiger partial charge in [0.15, 0.2) is 5.82 Å². The molecule has 0 saturated carbocycles. The van der Waals surface area contributed by atoms with Gasteiger partial charge in [0, 0.05) is 31.6 Å².